The van der Waals surface area contributed by atoms with Crippen molar-refractivity contribution in [1.82, 2.24) is 21.5 Å². The van der Waals surface area contributed by atoms with Crippen molar-refractivity contribution >= 4 is 58.0 Å². The summed E-state index contributed by atoms with van der Waals surface area (Å²) >= 11 is 18.1. The van der Waals surface area contributed by atoms with E-state index in [9.17, 15) is 0 Å². The summed E-state index contributed by atoms with van der Waals surface area (Å²) in [6.07, 6.45) is 0.785. The normalized spacial score (nSPS) is 10.1. The molecular formula is C20H25ClN4O2S3. The van der Waals surface area contributed by atoms with Gasteiger partial charge in [-0.25, -0.2) is 0 Å². The van der Waals surface area contributed by atoms with Gasteiger partial charge in [0.05, 0.1) is 14.2 Å². The second-order valence-corrected chi connectivity index (χ2v) is 8.42. The van der Waals surface area contributed by atoms with Crippen LogP contribution in [0.15, 0.2) is 47.4 Å². The minimum atomic E-state index is 0.468. The summed E-state index contributed by atoms with van der Waals surface area (Å²) in [6, 6.07) is 13.6. The molecule has 0 aliphatic heterocycles. The predicted octanol–water partition coefficient (Wildman–Crippen LogP) is 3.54. The van der Waals surface area contributed by atoms with Gasteiger partial charge in [-0.3, -0.25) is 10.9 Å². The number of methoxy groups -OCH3 is 2. The lowest BCUT2D eigenvalue weighted by Gasteiger charge is -2.14. The smallest absolute Gasteiger partial charge is 0.185 e. The van der Waals surface area contributed by atoms with Gasteiger partial charge in [0.1, 0.15) is 0 Å². The highest BCUT2D eigenvalue weighted by molar-refractivity contribution is 7.99. The zero-order valence-electron chi connectivity index (χ0n) is 16.8. The van der Waals surface area contributed by atoms with Crippen LogP contribution in [0, 0.1) is 0 Å². The van der Waals surface area contributed by atoms with Crippen LogP contribution in [0.3, 0.4) is 0 Å². The molecule has 0 saturated heterocycles. The molecule has 162 valence electrons. The second-order valence-electron chi connectivity index (χ2n) is 6.00. The van der Waals surface area contributed by atoms with Gasteiger partial charge in [0.2, 0.25) is 0 Å². The molecule has 0 heterocycles. The minimum absolute atomic E-state index is 0.468. The first-order valence-corrected chi connectivity index (χ1v) is 11.4. The maximum atomic E-state index is 5.88. The van der Waals surface area contributed by atoms with Crippen molar-refractivity contribution < 1.29 is 9.47 Å². The highest BCUT2D eigenvalue weighted by Gasteiger charge is 2.05. The van der Waals surface area contributed by atoms with Crippen LogP contribution < -0.4 is 31.0 Å². The summed E-state index contributed by atoms with van der Waals surface area (Å²) < 4.78 is 10.6. The summed E-state index contributed by atoms with van der Waals surface area (Å²) in [5.41, 5.74) is 6.87. The van der Waals surface area contributed by atoms with Crippen LogP contribution in [0.1, 0.15) is 5.56 Å². The Bertz CT molecular complexity index is 837. The number of hydrogen-bond donors (Lipinski definition) is 4. The lowest BCUT2D eigenvalue weighted by Crippen LogP contribution is -2.50. The third-order valence-corrected chi connectivity index (χ3v) is 5.67. The van der Waals surface area contributed by atoms with Crippen molar-refractivity contribution in [2.45, 2.75) is 11.3 Å². The zero-order valence-corrected chi connectivity index (χ0v) is 20.0. The summed E-state index contributed by atoms with van der Waals surface area (Å²) in [7, 11) is 3.24. The number of halogens is 1. The van der Waals surface area contributed by atoms with Crippen molar-refractivity contribution in [2.75, 3.05) is 33.1 Å². The Morgan fingerprint density at radius 3 is 2.17 bits per heavy atom. The zero-order chi connectivity index (χ0) is 21.8. The van der Waals surface area contributed by atoms with Gasteiger partial charge in [-0.15, -0.1) is 11.8 Å². The molecule has 30 heavy (non-hydrogen) atoms. The Balaban J connectivity index is 1.57. The van der Waals surface area contributed by atoms with E-state index in [2.05, 4.69) is 21.5 Å². The summed E-state index contributed by atoms with van der Waals surface area (Å²) in [4.78, 5) is 1.16. The van der Waals surface area contributed by atoms with Crippen molar-refractivity contribution in [3.8, 4) is 11.5 Å². The van der Waals surface area contributed by atoms with Gasteiger partial charge in [0, 0.05) is 28.8 Å². The fourth-order valence-electron chi connectivity index (χ4n) is 2.42. The standard InChI is InChI=1S/C20H25ClN4O2S3/c1-26-17-8-3-14(13-18(17)27-2)9-10-22-19(28)24-25-20(29)23-11-12-30-16-6-4-15(21)5-7-16/h3-8,13H,9-12H2,1-2H3,(H2,22,24,28)(H2,23,25,29). The van der Waals surface area contributed by atoms with Crippen LogP contribution in [0.2, 0.25) is 5.02 Å². The van der Waals surface area contributed by atoms with Crippen molar-refractivity contribution in [1.29, 1.82) is 0 Å². The predicted molar refractivity (Wildman–Crippen MR) is 133 cm³/mol. The molecule has 0 spiro atoms. The number of thioether (sulfide) groups is 1. The minimum Gasteiger partial charge on any atom is -0.493 e. The molecule has 2 aromatic rings. The maximum absolute atomic E-state index is 5.88. The number of nitrogens with one attached hydrogen (secondary N) is 4. The van der Waals surface area contributed by atoms with E-state index < -0.39 is 0 Å². The highest BCUT2D eigenvalue weighted by Crippen LogP contribution is 2.27. The average molecular weight is 485 g/mol. The molecule has 0 amide bonds. The topological polar surface area (TPSA) is 66.6 Å². The third-order valence-electron chi connectivity index (χ3n) is 3.91. The number of hydrazine groups is 1. The first kappa shape index (κ1) is 24.3. The van der Waals surface area contributed by atoms with E-state index in [0.717, 1.165) is 34.2 Å². The lowest BCUT2D eigenvalue weighted by molar-refractivity contribution is 0.354. The molecule has 0 aromatic heterocycles. The fraction of sp³-hybridized carbons (Fsp3) is 0.300. The number of hydrogen-bond acceptors (Lipinski definition) is 5. The van der Waals surface area contributed by atoms with Gasteiger partial charge >= 0.3 is 0 Å². The quantitative estimate of drug-likeness (QED) is 0.185. The van der Waals surface area contributed by atoms with Gasteiger partial charge < -0.3 is 20.1 Å². The Labute approximate surface area is 197 Å². The van der Waals surface area contributed by atoms with E-state index in [0.29, 0.717) is 28.3 Å². The van der Waals surface area contributed by atoms with E-state index in [-0.39, 0.29) is 0 Å². The molecule has 0 aliphatic rings. The molecule has 0 fully saturated rings. The van der Waals surface area contributed by atoms with E-state index in [1.807, 2.05) is 42.5 Å². The molecule has 10 heteroatoms. The molecule has 0 saturated carbocycles. The van der Waals surface area contributed by atoms with Gasteiger partial charge in [-0.2, -0.15) is 0 Å². The first-order chi connectivity index (χ1) is 14.5. The van der Waals surface area contributed by atoms with Crippen molar-refractivity contribution in [3.05, 3.63) is 53.1 Å². The molecule has 6 nitrogen and oxygen atoms in total. The Morgan fingerprint density at radius 2 is 1.53 bits per heavy atom. The molecule has 0 aliphatic carbocycles. The first-order valence-electron chi connectivity index (χ1n) is 9.18. The molecule has 0 bridgehead atoms. The molecule has 2 rings (SSSR count). The van der Waals surface area contributed by atoms with Crippen LogP contribution in [-0.4, -0.2) is 43.3 Å². The fourth-order valence-corrected chi connectivity index (χ4v) is 3.62. The van der Waals surface area contributed by atoms with Crippen LogP contribution in [-0.2, 0) is 6.42 Å². The Kier molecular flexibility index (Phi) is 10.9. The number of ether oxygens (including phenoxy) is 2. The molecule has 0 unspecified atom stereocenters. The number of rotatable bonds is 9. The Morgan fingerprint density at radius 1 is 0.900 bits per heavy atom. The van der Waals surface area contributed by atoms with E-state index in [1.165, 1.54) is 0 Å². The van der Waals surface area contributed by atoms with E-state index in [4.69, 9.17) is 45.5 Å². The molecule has 0 radical (unpaired) electrons. The molecule has 0 atom stereocenters. The average Bonchev–Trinajstić information content (AvgIpc) is 2.76. The maximum Gasteiger partial charge on any atom is 0.185 e. The number of thiocarbonyl (C=S) groups is 2. The van der Waals surface area contributed by atoms with Crippen LogP contribution in [0.25, 0.3) is 0 Å². The molecule has 2 aromatic carbocycles. The van der Waals surface area contributed by atoms with E-state index >= 15 is 0 Å². The van der Waals surface area contributed by atoms with Crippen molar-refractivity contribution in [2.24, 2.45) is 0 Å². The van der Waals surface area contributed by atoms with Crippen LogP contribution in [0.4, 0.5) is 0 Å². The van der Waals surface area contributed by atoms with Gasteiger partial charge in [0.25, 0.3) is 0 Å². The SMILES string of the molecule is COc1ccc(CCNC(=S)NNC(=S)NCCSc2ccc(Cl)cc2)cc1OC. The summed E-state index contributed by atoms with van der Waals surface area (Å²) in [5, 5.41) is 7.94. The van der Waals surface area contributed by atoms with Gasteiger partial charge in [-0.1, -0.05) is 17.7 Å². The van der Waals surface area contributed by atoms with Crippen LogP contribution >= 0.6 is 47.8 Å². The highest BCUT2D eigenvalue weighted by atomic mass is 35.5. The summed E-state index contributed by atoms with van der Waals surface area (Å²) in [5.74, 6) is 2.29. The monoisotopic (exact) mass is 484 g/mol. The Hall–Kier alpha value is -1.94. The second kappa shape index (κ2) is 13.4. The van der Waals surface area contributed by atoms with Crippen LogP contribution in [0.5, 0.6) is 11.5 Å². The van der Waals surface area contributed by atoms with Gasteiger partial charge in [0.15, 0.2) is 21.7 Å². The third kappa shape index (κ3) is 8.83. The summed E-state index contributed by atoms with van der Waals surface area (Å²) in [6.45, 7) is 1.39. The van der Waals surface area contributed by atoms with E-state index in [1.54, 1.807) is 26.0 Å². The lowest BCUT2D eigenvalue weighted by atomic mass is 10.1. The van der Waals surface area contributed by atoms with Crippen molar-refractivity contribution in [3.63, 3.8) is 0 Å². The molecule has 4 N–H and O–H groups in total. The number of benzene rings is 2. The largest absolute Gasteiger partial charge is 0.493 e. The van der Waals surface area contributed by atoms with Gasteiger partial charge in [-0.05, 0) is 72.8 Å². The molecular weight excluding hydrogens is 460 g/mol.